The van der Waals surface area contributed by atoms with E-state index in [0.29, 0.717) is 0 Å². The average Bonchev–Trinajstić information content (AvgIpc) is 2.57. The van der Waals surface area contributed by atoms with Gasteiger partial charge in [0.1, 0.15) is 6.29 Å². The maximum Gasteiger partial charge on any atom is 0.142 e. The van der Waals surface area contributed by atoms with Gasteiger partial charge in [-0.05, 0) is 61.8 Å². The summed E-state index contributed by atoms with van der Waals surface area (Å²) >= 11 is 0. The SMILES string of the molecule is C/C(=C\C=O)[C@H]1C=C2C(C)(C)CCC[C@]2(C)O1. The van der Waals surface area contributed by atoms with Gasteiger partial charge in [0.2, 0.25) is 0 Å². The number of carbonyl (C=O) groups excluding carboxylic acids is 1. The Morgan fingerprint density at radius 1 is 1.41 bits per heavy atom. The van der Waals surface area contributed by atoms with Crippen LogP contribution in [0.1, 0.15) is 47.0 Å². The molecule has 2 aliphatic rings. The summed E-state index contributed by atoms with van der Waals surface area (Å²) in [6.45, 7) is 8.74. The molecule has 1 aliphatic heterocycles. The van der Waals surface area contributed by atoms with Crippen molar-refractivity contribution in [2.75, 3.05) is 0 Å². The number of fused-ring (bicyclic) bond motifs is 1. The molecule has 0 bridgehead atoms. The maximum absolute atomic E-state index is 10.5. The monoisotopic (exact) mass is 234 g/mol. The van der Waals surface area contributed by atoms with Crippen molar-refractivity contribution in [1.29, 1.82) is 0 Å². The van der Waals surface area contributed by atoms with Gasteiger partial charge in [-0.3, -0.25) is 4.79 Å². The highest BCUT2D eigenvalue weighted by Gasteiger charge is 2.47. The van der Waals surface area contributed by atoms with Crippen molar-refractivity contribution in [2.24, 2.45) is 5.41 Å². The normalized spacial score (nSPS) is 36.4. The molecule has 1 saturated carbocycles. The zero-order valence-corrected chi connectivity index (χ0v) is 11.2. The first-order chi connectivity index (χ1) is 7.89. The zero-order valence-electron chi connectivity index (χ0n) is 11.2. The molecular weight excluding hydrogens is 212 g/mol. The van der Waals surface area contributed by atoms with E-state index in [9.17, 15) is 4.79 Å². The van der Waals surface area contributed by atoms with Gasteiger partial charge in [-0.1, -0.05) is 13.8 Å². The van der Waals surface area contributed by atoms with Crippen molar-refractivity contribution in [3.8, 4) is 0 Å². The number of rotatable bonds is 2. The van der Waals surface area contributed by atoms with Crippen LogP contribution in [0.4, 0.5) is 0 Å². The predicted molar refractivity (Wildman–Crippen MR) is 68.8 cm³/mol. The third-order valence-electron chi connectivity index (χ3n) is 4.24. The van der Waals surface area contributed by atoms with Crippen LogP contribution in [0.2, 0.25) is 0 Å². The van der Waals surface area contributed by atoms with Gasteiger partial charge in [0.25, 0.3) is 0 Å². The van der Waals surface area contributed by atoms with Gasteiger partial charge in [-0.25, -0.2) is 0 Å². The first kappa shape index (κ1) is 12.6. The van der Waals surface area contributed by atoms with Crippen molar-refractivity contribution < 1.29 is 9.53 Å². The molecule has 0 aromatic carbocycles. The standard InChI is InChI=1S/C15H22O2/c1-11(6-9-16)12-10-13-14(2,3)7-5-8-15(13,4)17-12/h6,9-10,12H,5,7-8H2,1-4H3/b11-6+/t12-,15+/m1/s1. The molecule has 2 atom stereocenters. The highest BCUT2D eigenvalue weighted by molar-refractivity contribution is 5.66. The molecule has 1 fully saturated rings. The van der Waals surface area contributed by atoms with Crippen LogP contribution in [0.5, 0.6) is 0 Å². The minimum absolute atomic E-state index is 0.0161. The van der Waals surface area contributed by atoms with Crippen LogP contribution in [0.3, 0.4) is 0 Å². The highest BCUT2D eigenvalue weighted by Crippen LogP contribution is 2.51. The van der Waals surface area contributed by atoms with Crippen molar-refractivity contribution in [2.45, 2.75) is 58.7 Å². The van der Waals surface area contributed by atoms with Crippen LogP contribution in [0, 0.1) is 5.41 Å². The van der Waals surface area contributed by atoms with E-state index in [1.807, 2.05) is 6.92 Å². The van der Waals surface area contributed by atoms with Gasteiger partial charge in [-0.2, -0.15) is 0 Å². The second kappa shape index (κ2) is 4.09. The summed E-state index contributed by atoms with van der Waals surface area (Å²) in [7, 11) is 0. The Balaban J connectivity index is 2.33. The van der Waals surface area contributed by atoms with Gasteiger partial charge in [0.15, 0.2) is 0 Å². The average molecular weight is 234 g/mol. The second-order valence-corrected chi connectivity index (χ2v) is 6.13. The minimum atomic E-state index is -0.121. The summed E-state index contributed by atoms with van der Waals surface area (Å²) in [5.74, 6) is 0. The van der Waals surface area contributed by atoms with Crippen molar-refractivity contribution in [3.63, 3.8) is 0 Å². The number of ether oxygens (including phenoxy) is 1. The molecule has 2 rings (SSSR count). The first-order valence-corrected chi connectivity index (χ1v) is 6.42. The van der Waals surface area contributed by atoms with Crippen molar-refractivity contribution >= 4 is 6.29 Å². The molecule has 0 unspecified atom stereocenters. The van der Waals surface area contributed by atoms with Gasteiger partial charge < -0.3 is 4.74 Å². The summed E-state index contributed by atoms with van der Waals surface area (Å²) in [6.07, 6.45) is 8.19. The molecule has 2 heteroatoms. The molecular formula is C15H22O2. The molecule has 17 heavy (non-hydrogen) atoms. The van der Waals surface area contributed by atoms with Gasteiger partial charge >= 0.3 is 0 Å². The van der Waals surface area contributed by atoms with Gasteiger partial charge in [-0.15, -0.1) is 0 Å². The van der Waals surface area contributed by atoms with Crippen LogP contribution < -0.4 is 0 Å². The first-order valence-electron chi connectivity index (χ1n) is 6.42. The molecule has 1 heterocycles. The Morgan fingerprint density at radius 3 is 2.71 bits per heavy atom. The van der Waals surface area contributed by atoms with Crippen LogP contribution in [-0.2, 0) is 9.53 Å². The summed E-state index contributed by atoms with van der Waals surface area (Å²) in [4.78, 5) is 10.5. The van der Waals surface area contributed by atoms with Crippen LogP contribution in [-0.4, -0.2) is 18.0 Å². The quantitative estimate of drug-likeness (QED) is 0.416. The van der Waals surface area contributed by atoms with E-state index in [2.05, 4.69) is 26.8 Å². The number of hydrogen-bond acceptors (Lipinski definition) is 2. The number of hydrogen-bond donors (Lipinski definition) is 0. The lowest BCUT2D eigenvalue weighted by Crippen LogP contribution is -2.39. The fraction of sp³-hybridized carbons (Fsp3) is 0.667. The Bertz CT molecular complexity index is 390. The predicted octanol–water partition coefficient (Wildman–Crippen LogP) is 3.43. The van der Waals surface area contributed by atoms with Crippen LogP contribution >= 0.6 is 0 Å². The van der Waals surface area contributed by atoms with Crippen LogP contribution in [0.25, 0.3) is 0 Å². The summed E-state index contributed by atoms with van der Waals surface area (Å²) < 4.78 is 6.18. The minimum Gasteiger partial charge on any atom is -0.359 e. The van der Waals surface area contributed by atoms with Crippen molar-refractivity contribution in [3.05, 3.63) is 23.3 Å². The van der Waals surface area contributed by atoms with E-state index < -0.39 is 0 Å². The van der Waals surface area contributed by atoms with E-state index in [4.69, 9.17) is 4.74 Å². The Labute approximate surface area is 104 Å². The Kier molecular flexibility index (Phi) is 3.03. The van der Waals surface area contributed by atoms with Crippen molar-refractivity contribution in [1.82, 2.24) is 0 Å². The maximum atomic E-state index is 10.5. The van der Waals surface area contributed by atoms with E-state index in [1.54, 1.807) is 6.08 Å². The van der Waals surface area contributed by atoms with Gasteiger partial charge in [0.05, 0.1) is 11.7 Å². The molecule has 0 saturated heterocycles. The molecule has 2 nitrogen and oxygen atoms in total. The molecule has 0 spiro atoms. The zero-order chi connectivity index (χ0) is 12.7. The van der Waals surface area contributed by atoms with E-state index in [1.165, 1.54) is 18.4 Å². The van der Waals surface area contributed by atoms with Crippen LogP contribution in [0.15, 0.2) is 23.3 Å². The topological polar surface area (TPSA) is 26.3 Å². The molecule has 0 aromatic rings. The molecule has 0 amide bonds. The van der Waals surface area contributed by atoms with E-state index in [0.717, 1.165) is 18.3 Å². The van der Waals surface area contributed by atoms with E-state index in [-0.39, 0.29) is 17.1 Å². The highest BCUT2D eigenvalue weighted by atomic mass is 16.5. The third-order valence-corrected chi connectivity index (χ3v) is 4.24. The largest absolute Gasteiger partial charge is 0.359 e. The number of allylic oxidation sites excluding steroid dienone is 1. The number of carbonyl (C=O) groups is 1. The lowest BCUT2D eigenvalue weighted by molar-refractivity contribution is -0.104. The molecule has 0 N–H and O–H groups in total. The molecule has 0 radical (unpaired) electrons. The Morgan fingerprint density at radius 2 is 2.12 bits per heavy atom. The lowest BCUT2D eigenvalue weighted by Gasteiger charge is -2.42. The molecule has 0 aromatic heterocycles. The fourth-order valence-corrected chi connectivity index (χ4v) is 3.27. The second-order valence-electron chi connectivity index (χ2n) is 6.13. The van der Waals surface area contributed by atoms with E-state index >= 15 is 0 Å². The molecule has 94 valence electrons. The summed E-state index contributed by atoms with van der Waals surface area (Å²) in [6, 6.07) is 0. The van der Waals surface area contributed by atoms with Gasteiger partial charge in [0, 0.05) is 0 Å². The third kappa shape index (κ3) is 2.11. The summed E-state index contributed by atoms with van der Waals surface area (Å²) in [5, 5.41) is 0. The summed E-state index contributed by atoms with van der Waals surface area (Å²) in [5.41, 5.74) is 2.52. The molecule has 1 aliphatic carbocycles. The Hall–Kier alpha value is -0.890. The fourth-order valence-electron chi connectivity index (χ4n) is 3.27. The smallest absolute Gasteiger partial charge is 0.142 e. The number of aldehydes is 1. The lowest BCUT2D eigenvalue weighted by atomic mass is 9.67.